The molecule has 0 aliphatic carbocycles. The first-order valence-electron chi connectivity index (χ1n) is 8.89. The van der Waals surface area contributed by atoms with Gasteiger partial charge in [0.25, 0.3) is 5.91 Å². The number of piperidine rings is 1. The fourth-order valence-electron chi connectivity index (χ4n) is 2.99. The third-order valence-corrected chi connectivity index (χ3v) is 4.58. The van der Waals surface area contributed by atoms with Crippen LogP contribution in [-0.4, -0.2) is 50.6 Å². The number of nitrogens with one attached hydrogen (secondary N) is 1. The molecule has 0 atom stereocenters. The Balaban J connectivity index is 1.94. The number of hydrogen-bond acceptors (Lipinski definition) is 4. The molecule has 1 aromatic carbocycles. The van der Waals surface area contributed by atoms with Crippen molar-refractivity contribution in [1.29, 1.82) is 0 Å². The zero-order valence-electron chi connectivity index (χ0n) is 15.3. The number of benzene rings is 1. The lowest BCUT2D eigenvalue weighted by molar-refractivity contribution is -0.126. The highest BCUT2D eigenvalue weighted by Gasteiger charge is 2.28. The quantitative estimate of drug-likeness (QED) is 0.769. The van der Waals surface area contributed by atoms with Crippen molar-refractivity contribution in [2.24, 2.45) is 5.92 Å². The third-order valence-electron chi connectivity index (χ3n) is 4.58. The molecule has 1 N–H and O–H groups in total. The molecule has 0 spiro atoms. The molecule has 1 aromatic rings. The van der Waals surface area contributed by atoms with Crippen LogP contribution in [0.2, 0.25) is 0 Å². The molecule has 1 saturated heterocycles. The van der Waals surface area contributed by atoms with Crippen molar-refractivity contribution in [3.05, 3.63) is 23.8 Å². The van der Waals surface area contributed by atoms with Crippen LogP contribution in [0.5, 0.6) is 11.5 Å². The van der Waals surface area contributed by atoms with Gasteiger partial charge in [-0.15, -0.1) is 0 Å². The van der Waals surface area contributed by atoms with Crippen LogP contribution >= 0.6 is 0 Å². The first kappa shape index (κ1) is 19.1. The van der Waals surface area contributed by atoms with Gasteiger partial charge < -0.3 is 19.7 Å². The Morgan fingerprint density at radius 3 is 2.24 bits per heavy atom. The summed E-state index contributed by atoms with van der Waals surface area (Å²) < 4.78 is 10.5. The fourth-order valence-corrected chi connectivity index (χ4v) is 2.99. The number of unbranched alkanes of at least 4 members (excludes halogenated alkanes) is 1. The van der Waals surface area contributed by atoms with Crippen LogP contribution in [-0.2, 0) is 4.79 Å². The zero-order chi connectivity index (χ0) is 18.2. The van der Waals surface area contributed by atoms with Gasteiger partial charge in [0, 0.05) is 37.2 Å². The van der Waals surface area contributed by atoms with Crippen molar-refractivity contribution < 1.29 is 19.1 Å². The standard InChI is InChI=1S/C19H28N2O4/c1-4-5-8-20-18(22)14-6-9-21(10-7-14)19(23)15-11-16(24-2)13-17(12-15)25-3/h11-14H,4-10H2,1-3H3,(H,20,22). The van der Waals surface area contributed by atoms with Crippen LogP contribution in [0.4, 0.5) is 0 Å². The highest BCUT2D eigenvalue weighted by molar-refractivity contribution is 5.95. The molecule has 0 aromatic heterocycles. The number of rotatable bonds is 7. The van der Waals surface area contributed by atoms with Crippen molar-refractivity contribution in [3.8, 4) is 11.5 Å². The highest BCUT2D eigenvalue weighted by Crippen LogP contribution is 2.25. The Hall–Kier alpha value is -2.24. The number of carbonyl (C=O) groups excluding carboxylic acids is 2. The van der Waals surface area contributed by atoms with Gasteiger partial charge in [0.2, 0.25) is 5.91 Å². The Morgan fingerprint density at radius 2 is 1.72 bits per heavy atom. The second-order valence-corrected chi connectivity index (χ2v) is 6.31. The zero-order valence-corrected chi connectivity index (χ0v) is 15.3. The number of hydrogen-bond donors (Lipinski definition) is 1. The number of amides is 2. The molecule has 1 aliphatic heterocycles. The maximum Gasteiger partial charge on any atom is 0.254 e. The van der Waals surface area contributed by atoms with E-state index in [0.29, 0.717) is 43.0 Å². The minimum Gasteiger partial charge on any atom is -0.497 e. The molecule has 2 amide bonds. The Morgan fingerprint density at radius 1 is 1.12 bits per heavy atom. The third kappa shape index (κ3) is 5.11. The van der Waals surface area contributed by atoms with E-state index in [1.165, 1.54) is 0 Å². The van der Waals surface area contributed by atoms with Crippen LogP contribution in [0, 0.1) is 5.92 Å². The maximum absolute atomic E-state index is 12.7. The number of carbonyl (C=O) groups is 2. The van der Waals surface area contributed by atoms with E-state index in [9.17, 15) is 9.59 Å². The maximum atomic E-state index is 12.7. The lowest BCUT2D eigenvalue weighted by Gasteiger charge is -2.31. The van der Waals surface area contributed by atoms with E-state index in [1.807, 2.05) is 0 Å². The smallest absolute Gasteiger partial charge is 0.254 e. The van der Waals surface area contributed by atoms with Crippen LogP contribution in [0.1, 0.15) is 43.0 Å². The van der Waals surface area contributed by atoms with Gasteiger partial charge in [0.1, 0.15) is 11.5 Å². The number of likely N-dealkylation sites (tertiary alicyclic amines) is 1. The van der Waals surface area contributed by atoms with E-state index in [4.69, 9.17) is 9.47 Å². The molecule has 1 aliphatic rings. The van der Waals surface area contributed by atoms with Gasteiger partial charge in [-0.25, -0.2) is 0 Å². The van der Waals surface area contributed by atoms with Crippen LogP contribution in [0.25, 0.3) is 0 Å². The molecule has 1 heterocycles. The van der Waals surface area contributed by atoms with Gasteiger partial charge in [-0.3, -0.25) is 9.59 Å². The van der Waals surface area contributed by atoms with Crippen molar-refractivity contribution in [2.45, 2.75) is 32.6 Å². The minimum absolute atomic E-state index is 0.000696. The van der Waals surface area contributed by atoms with Gasteiger partial charge in [-0.05, 0) is 31.4 Å². The second-order valence-electron chi connectivity index (χ2n) is 6.31. The number of ether oxygens (including phenoxy) is 2. The first-order chi connectivity index (χ1) is 12.1. The molecule has 2 rings (SSSR count). The molecule has 6 nitrogen and oxygen atoms in total. The van der Waals surface area contributed by atoms with Gasteiger partial charge in [-0.2, -0.15) is 0 Å². The van der Waals surface area contributed by atoms with E-state index < -0.39 is 0 Å². The lowest BCUT2D eigenvalue weighted by atomic mass is 9.95. The summed E-state index contributed by atoms with van der Waals surface area (Å²) in [4.78, 5) is 26.7. The molecule has 6 heteroatoms. The summed E-state index contributed by atoms with van der Waals surface area (Å²) in [6, 6.07) is 5.17. The Labute approximate surface area is 149 Å². The summed E-state index contributed by atoms with van der Waals surface area (Å²) in [5.74, 6) is 1.24. The van der Waals surface area contributed by atoms with Crippen molar-refractivity contribution in [1.82, 2.24) is 10.2 Å². The molecule has 0 radical (unpaired) electrons. The molecular weight excluding hydrogens is 320 g/mol. The molecule has 0 saturated carbocycles. The van der Waals surface area contributed by atoms with Gasteiger partial charge in [0.05, 0.1) is 14.2 Å². The SMILES string of the molecule is CCCCNC(=O)C1CCN(C(=O)c2cc(OC)cc(OC)c2)CC1. The monoisotopic (exact) mass is 348 g/mol. The number of nitrogens with zero attached hydrogens (tertiary/aromatic N) is 1. The van der Waals surface area contributed by atoms with Crippen LogP contribution in [0.3, 0.4) is 0 Å². The van der Waals surface area contributed by atoms with E-state index >= 15 is 0 Å². The molecule has 25 heavy (non-hydrogen) atoms. The van der Waals surface area contributed by atoms with Gasteiger partial charge in [0.15, 0.2) is 0 Å². The minimum atomic E-state index is -0.0537. The van der Waals surface area contributed by atoms with Gasteiger partial charge >= 0.3 is 0 Å². The normalized spacial score (nSPS) is 14.9. The van der Waals surface area contributed by atoms with Crippen molar-refractivity contribution in [2.75, 3.05) is 33.9 Å². The fraction of sp³-hybridized carbons (Fsp3) is 0.579. The molecule has 138 valence electrons. The topological polar surface area (TPSA) is 67.9 Å². The molecule has 0 bridgehead atoms. The van der Waals surface area contributed by atoms with Crippen molar-refractivity contribution in [3.63, 3.8) is 0 Å². The van der Waals surface area contributed by atoms with E-state index in [-0.39, 0.29) is 17.7 Å². The van der Waals surface area contributed by atoms with E-state index in [1.54, 1.807) is 37.3 Å². The molecule has 0 unspecified atom stereocenters. The second kappa shape index (κ2) is 9.30. The predicted molar refractivity (Wildman–Crippen MR) is 96.1 cm³/mol. The molecule has 1 fully saturated rings. The van der Waals surface area contributed by atoms with Crippen molar-refractivity contribution >= 4 is 11.8 Å². The summed E-state index contributed by atoms with van der Waals surface area (Å²) in [7, 11) is 3.12. The van der Waals surface area contributed by atoms with Gasteiger partial charge in [-0.1, -0.05) is 13.3 Å². The predicted octanol–water partition coefficient (Wildman–Crippen LogP) is 2.47. The highest BCUT2D eigenvalue weighted by atomic mass is 16.5. The van der Waals surface area contributed by atoms with E-state index in [2.05, 4.69) is 12.2 Å². The lowest BCUT2D eigenvalue weighted by Crippen LogP contribution is -2.43. The van der Waals surface area contributed by atoms with Crippen LogP contribution < -0.4 is 14.8 Å². The Bertz CT molecular complexity index is 573. The largest absolute Gasteiger partial charge is 0.497 e. The average Bonchev–Trinajstić information content (AvgIpc) is 2.67. The summed E-state index contributed by atoms with van der Waals surface area (Å²) in [6.07, 6.45) is 3.47. The van der Waals surface area contributed by atoms with E-state index in [0.717, 1.165) is 19.4 Å². The first-order valence-corrected chi connectivity index (χ1v) is 8.89. The summed E-state index contributed by atoms with van der Waals surface area (Å²) in [6.45, 7) is 4.01. The summed E-state index contributed by atoms with van der Waals surface area (Å²) in [5.41, 5.74) is 0.544. The number of methoxy groups -OCH3 is 2. The average molecular weight is 348 g/mol. The molecular formula is C19H28N2O4. The Kier molecular flexibility index (Phi) is 7.10. The summed E-state index contributed by atoms with van der Waals surface area (Å²) in [5, 5.41) is 2.98. The van der Waals surface area contributed by atoms with Crippen LogP contribution in [0.15, 0.2) is 18.2 Å². The summed E-state index contributed by atoms with van der Waals surface area (Å²) >= 11 is 0.